The van der Waals surface area contributed by atoms with Gasteiger partial charge >= 0.3 is 5.97 Å². The number of hydrogen-bond acceptors (Lipinski definition) is 2. The van der Waals surface area contributed by atoms with Gasteiger partial charge in [-0.25, -0.2) is 9.78 Å². The van der Waals surface area contributed by atoms with Gasteiger partial charge < -0.3 is 5.11 Å². The van der Waals surface area contributed by atoms with Crippen LogP contribution in [-0.2, 0) is 6.42 Å². The Balaban J connectivity index is 1.58. The van der Waals surface area contributed by atoms with Gasteiger partial charge in [0.25, 0.3) is 0 Å². The Bertz CT molecular complexity index is 697. The number of rotatable bonds is 5. The highest BCUT2D eigenvalue weighted by Gasteiger charge is 2.29. The van der Waals surface area contributed by atoms with Crippen molar-refractivity contribution in [3.8, 4) is 0 Å². The van der Waals surface area contributed by atoms with Crippen molar-refractivity contribution in [2.24, 2.45) is 11.8 Å². The fraction of sp³-hybridized carbons (Fsp3) is 0.400. The Morgan fingerprint density at radius 1 is 1.25 bits per heavy atom. The van der Waals surface area contributed by atoms with E-state index in [0.717, 1.165) is 18.4 Å². The van der Waals surface area contributed by atoms with E-state index in [1.807, 2.05) is 18.2 Å². The summed E-state index contributed by atoms with van der Waals surface area (Å²) in [4.78, 5) is 14.7. The number of nitrogens with zero attached hydrogens (tertiary/aromatic N) is 1. The van der Waals surface area contributed by atoms with Crippen LogP contribution in [0.5, 0.6) is 0 Å². The van der Waals surface area contributed by atoms with Crippen LogP contribution >= 0.6 is 0 Å². The summed E-state index contributed by atoms with van der Waals surface area (Å²) >= 11 is 0. The van der Waals surface area contributed by atoms with E-state index in [1.54, 1.807) is 18.3 Å². The number of pyridine rings is 1. The second-order valence-electron chi connectivity index (χ2n) is 6.85. The second-order valence-corrected chi connectivity index (χ2v) is 6.85. The number of benzene rings is 1. The minimum Gasteiger partial charge on any atom is -0.478 e. The number of carbonyl (C=O) groups is 1. The Hall–Kier alpha value is -2.23. The van der Waals surface area contributed by atoms with Gasteiger partial charge in [-0.05, 0) is 72.8 Å². The molecule has 0 saturated heterocycles. The van der Waals surface area contributed by atoms with Gasteiger partial charge in [0.1, 0.15) is 0 Å². The maximum atomic E-state index is 13.0. The van der Waals surface area contributed by atoms with Gasteiger partial charge in [-0.1, -0.05) is 25.1 Å². The summed E-state index contributed by atoms with van der Waals surface area (Å²) < 4.78 is 13.0. The largest absolute Gasteiger partial charge is 0.478 e. The maximum Gasteiger partial charge on any atom is 0.335 e. The highest BCUT2D eigenvalue weighted by Crippen LogP contribution is 2.41. The lowest BCUT2D eigenvalue weighted by Crippen LogP contribution is -2.08. The number of halogens is 1. The third-order valence-corrected chi connectivity index (χ3v) is 5.29. The van der Waals surface area contributed by atoms with Gasteiger partial charge in [0, 0.05) is 6.20 Å². The molecule has 0 radical (unpaired) electrons. The minimum atomic E-state index is -0.885. The van der Waals surface area contributed by atoms with Crippen LogP contribution < -0.4 is 0 Å². The fourth-order valence-electron chi connectivity index (χ4n) is 3.80. The molecule has 0 amide bonds. The molecule has 1 fully saturated rings. The molecule has 1 aromatic heterocycles. The van der Waals surface area contributed by atoms with E-state index in [2.05, 4.69) is 11.9 Å². The van der Waals surface area contributed by atoms with Crippen molar-refractivity contribution in [3.05, 3.63) is 65.2 Å². The van der Waals surface area contributed by atoms with Crippen molar-refractivity contribution in [2.45, 2.75) is 38.5 Å². The van der Waals surface area contributed by atoms with Crippen molar-refractivity contribution in [2.75, 3.05) is 0 Å². The maximum absolute atomic E-state index is 13.0. The average molecular weight is 327 g/mol. The molecule has 1 aliphatic rings. The molecule has 0 spiro atoms. The Morgan fingerprint density at radius 3 is 2.62 bits per heavy atom. The highest BCUT2D eigenvalue weighted by atomic mass is 19.1. The van der Waals surface area contributed by atoms with Gasteiger partial charge in [0.05, 0.1) is 5.56 Å². The van der Waals surface area contributed by atoms with Crippen molar-refractivity contribution in [1.29, 1.82) is 0 Å². The van der Waals surface area contributed by atoms with E-state index in [4.69, 9.17) is 5.11 Å². The monoisotopic (exact) mass is 327 g/mol. The van der Waals surface area contributed by atoms with Gasteiger partial charge in [0.2, 0.25) is 5.95 Å². The Labute approximate surface area is 141 Å². The van der Waals surface area contributed by atoms with Crippen LogP contribution in [-0.4, -0.2) is 16.1 Å². The zero-order chi connectivity index (χ0) is 17.1. The first-order valence-electron chi connectivity index (χ1n) is 8.46. The molecular formula is C20H22FNO2. The molecule has 2 aromatic rings. The topological polar surface area (TPSA) is 50.2 Å². The molecule has 24 heavy (non-hydrogen) atoms. The second kappa shape index (κ2) is 7.12. The summed E-state index contributed by atoms with van der Waals surface area (Å²) in [5, 5.41) is 8.95. The number of carboxylic acid groups (broad SMARTS) is 1. The van der Waals surface area contributed by atoms with Crippen molar-refractivity contribution in [1.82, 2.24) is 4.98 Å². The standard InChI is InChI=1S/C20H22FNO2/c1-13(18-8-9-19(21)22-12-18)17-7-4-15(11-17)10-14-2-5-16(6-3-14)20(23)24/h2-3,5-6,8-9,12-13,15,17H,4,7,10-11H2,1H3,(H,23,24)/t13-,15-,17-/m0/s1. The molecule has 1 aliphatic carbocycles. The quantitative estimate of drug-likeness (QED) is 0.811. The molecule has 4 heteroatoms. The molecule has 3 atom stereocenters. The Morgan fingerprint density at radius 2 is 2.00 bits per heavy atom. The van der Waals surface area contributed by atoms with Gasteiger partial charge in [-0.2, -0.15) is 4.39 Å². The first-order valence-corrected chi connectivity index (χ1v) is 8.46. The first kappa shape index (κ1) is 16.6. The molecule has 1 aromatic carbocycles. The molecule has 3 rings (SSSR count). The van der Waals surface area contributed by atoms with Crippen LogP contribution in [0.15, 0.2) is 42.6 Å². The zero-order valence-corrected chi connectivity index (χ0v) is 13.8. The SMILES string of the molecule is C[C@H](c1ccc(F)nc1)[C@H]1CC[C@@H](Cc2ccc(C(=O)O)cc2)C1. The summed E-state index contributed by atoms with van der Waals surface area (Å²) in [5.41, 5.74) is 2.63. The van der Waals surface area contributed by atoms with Crippen LogP contribution in [0.3, 0.4) is 0 Å². The molecule has 1 N–H and O–H groups in total. The van der Waals surface area contributed by atoms with Gasteiger partial charge in [-0.15, -0.1) is 0 Å². The van der Waals surface area contributed by atoms with Gasteiger partial charge in [-0.3, -0.25) is 0 Å². The molecule has 0 aliphatic heterocycles. The van der Waals surface area contributed by atoms with Crippen LogP contribution in [0.2, 0.25) is 0 Å². The molecular weight excluding hydrogens is 305 g/mol. The number of carboxylic acids is 1. The first-order chi connectivity index (χ1) is 11.5. The Kier molecular flexibility index (Phi) is 4.93. The van der Waals surface area contributed by atoms with E-state index >= 15 is 0 Å². The average Bonchev–Trinajstić information content (AvgIpc) is 3.04. The van der Waals surface area contributed by atoms with Crippen LogP contribution in [0, 0.1) is 17.8 Å². The van der Waals surface area contributed by atoms with E-state index in [-0.39, 0.29) is 0 Å². The lowest BCUT2D eigenvalue weighted by Gasteiger charge is -2.19. The van der Waals surface area contributed by atoms with Crippen molar-refractivity contribution in [3.63, 3.8) is 0 Å². The lowest BCUT2D eigenvalue weighted by atomic mass is 9.86. The van der Waals surface area contributed by atoms with Crippen LogP contribution in [0.1, 0.15) is 53.6 Å². The molecule has 0 unspecified atom stereocenters. The highest BCUT2D eigenvalue weighted by molar-refractivity contribution is 5.87. The minimum absolute atomic E-state index is 0.334. The summed E-state index contributed by atoms with van der Waals surface area (Å²) in [6.07, 6.45) is 6.16. The van der Waals surface area contributed by atoms with Crippen molar-refractivity contribution >= 4 is 5.97 Å². The number of aromatic carboxylic acids is 1. The molecule has 1 heterocycles. The van der Waals surface area contributed by atoms with Crippen LogP contribution in [0.25, 0.3) is 0 Å². The predicted octanol–water partition coefficient (Wildman–Crippen LogP) is 4.68. The molecule has 3 nitrogen and oxygen atoms in total. The third kappa shape index (κ3) is 3.81. The smallest absolute Gasteiger partial charge is 0.335 e. The summed E-state index contributed by atoms with van der Waals surface area (Å²) in [6.45, 7) is 2.20. The van der Waals surface area contributed by atoms with E-state index in [1.165, 1.54) is 24.5 Å². The summed E-state index contributed by atoms with van der Waals surface area (Å²) in [7, 11) is 0. The van der Waals surface area contributed by atoms with Crippen LogP contribution in [0.4, 0.5) is 4.39 Å². The third-order valence-electron chi connectivity index (χ3n) is 5.29. The molecule has 1 saturated carbocycles. The lowest BCUT2D eigenvalue weighted by molar-refractivity contribution is 0.0697. The van der Waals surface area contributed by atoms with Crippen molar-refractivity contribution < 1.29 is 14.3 Å². The zero-order valence-electron chi connectivity index (χ0n) is 13.8. The van der Waals surface area contributed by atoms with E-state index in [9.17, 15) is 9.18 Å². The summed E-state index contributed by atoms with van der Waals surface area (Å²) in [5.74, 6) is 0.295. The number of aromatic nitrogens is 1. The molecule has 126 valence electrons. The number of hydrogen-bond donors (Lipinski definition) is 1. The predicted molar refractivity (Wildman–Crippen MR) is 90.5 cm³/mol. The van der Waals surface area contributed by atoms with Gasteiger partial charge in [0.15, 0.2) is 0 Å². The van der Waals surface area contributed by atoms with E-state index < -0.39 is 11.9 Å². The van der Waals surface area contributed by atoms with E-state index in [0.29, 0.717) is 23.3 Å². The fourth-order valence-corrected chi connectivity index (χ4v) is 3.80. The summed E-state index contributed by atoms with van der Waals surface area (Å²) in [6, 6.07) is 10.5. The normalized spacial score (nSPS) is 21.6. The molecule has 0 bridgehead atoms.